The van der Waals surface area contributed by atoms with Crippen molar-refractivity contribution >= 4 is 34.2 Å². The minimum Gasteiger partial charge on any atom is -0.345 e. The molecule has 2 N–H and O–H groups in total. The van der Waals surface area contributed by atoms with Gasteiger partial charge in [0.2, 0.25) is 11.8 Å². The number of hydrogen-bond donors (Lipinski definition) is 2. The van der Waals surface area contributed by atoms with Crippen molar-refractivity contribution < 1.29 is 14.4 Å². The molecule has 1 aliphatic carbocycles. The van der Waals surface area contributed by atoms with Crippen molar-refractivity contribution in [1.29, 1.82) is 0 Å². The van der Waals surface area contributed by atoms with Crippen molar-refractivity contribution in [2.75, 3.05) is 11.9 Å². The molecule has 2 aliphatic rings. The number of thiazole rings is 1. The maximum absolute atomic E-state index is 12.8. The highest BCUT2D eigenvalue weighted by Gasteiger charge is 2.47. The zero-order valence-corrected chi connectivity index (χ0v) is 15.0. The molecule has 26 heavy (non-hydrogen) atoms. The van der Waals surface area contributed by atoms with Crippen LogP contribution in [0.3, 0.4) is 0 Å². The van der Waals surface area contributed by atoms with Gasteiger partial charge in [-0.1, -0.05) is 18.2 Å². The summed E-state index contributed by atoms with van der Waals surface area (Å²) in [6, 6.07) is 6.61. The smallest absolute Gasteiger partial charge is 0.255 e. The number of fused-ring (bicyclic) bond motifs is 1. The lowest BCUT2D eigenvalue weighted by atomic mass is 10.0. The van der Waals surface area contributed by atoms with Crippen molar-refractivity contribution in [3.63, 3.8) is 0 Å². The number of nitrogens with zero attached hydrogens (tertiary/aromatic N) is 2. The Balaban J connectivity index is 1.45. The summed E-state index contributed by atoms with van der Waals surface area (Å²) in [6.45, 7) is 1.74. The van der Waals surface area contributed by atoms with E-state index in [1.54, 1.807) is 29.3 Å². The number of anilines is 1. The zero-order chi connectivity index (χ0) is 18.3. The normalized spacial score (nSPS) is 18.6. The molecule has 134 valence electrons. The Bertz CT molecular complexity index is 890. The van der Waals surface area contributed by atoms with Crippen LogP contribution in [0.15, 0.2) is 30.5 Å². The highest BCUT2D eigenvalue weighted by molar-refractivity contribution is 7.15. The Morgan fingerprint density at radius 2 is 2.08 bits per heavy atom. The van der Waals surface area contributed by atoms with Gasteiger partial charge in [-0.2, -0.15) is 0 Å². The summed E-state index contributed by atoms with van der Waals surface area (Å²) in [4.78, 5) is 44.1. The fourth-order valence-electron chi connectivity index (χ4n) is 3.17. The third-order valence-corrected chi connectivity index (χ3v) is 5.31. The Morgan fingerprint density at radius 3 is 2.77 bits per heavy atom. The fraction of sp³-hybridized carbons (Fsp3) is 0.333. The molecule has 0 saturated heterocycles. The summed E-state index contributed by atoms with van der Waals surface area (Å²) in [5.74, 6) is -0.782. The molecule has 1 aromatic carbocycles. The van der Waals surface area contributed by atoms with E-state index in [1.165, 1.54) is 11.3 Å². The average Bonchev–Trinajstić information content (AvgIpc) is 3.32. The molecule has 2 aromatic rings. The summed E-state index contributed by atoms with van der Waals surface area (Å²) in [6.07, 6.45) is 3.49. The first-order valence-electron chi connectivity index (χ1n) is 8.46. The molecule has 1 atom stereocenters. The second kappa shape index (κ2) is 6.53. The summed E-state index contributed by atoms with van der Waals surface area (Å²) in [5.41, 5.74) is 1.28. The standard InChI is InChI=1S/C18H18N4O3S/c1-10-8-20-18(26-10)21-14(23)9-19-16(24)15-12-4-2-3-5-13(12)17(25)22(15)11-6-7-11/h2-5,8,11,15H,6-7,9H2,1H3,(H,19,24)(H,20,21,23). The monoisotopic (exact) mass is 370 g/mol. The van der Waals surface area contributed by atoms with Crippen LogP contribution >= 0.6 is 11.3 Å². The van der Waals surface area contributed by atoms with Crippen LogP contribution < -0.4 is 10.6 Å². The number of carbonyl (C=O) groups is 3. The number of rotatable bonds is 5. The summed E-state index contributed by atoms with van der Waals surface area (Å²) in [5, 5.41) is 5.82. The van der Waals surface area contributed by atoms with Crippen LogP contribution in [0, 0.1) is 6.92 Å². The van der Waals surface area contributed by atoms with Crippen molar-refractivity contribution in [3.8, 4) is 0 Å². The van der Waals surface area contributed by atoms with Gasteiger partial charge in [-0.05, 0) is 31.4 Å². The van der Waals surface area contributed by atoms with E-state index < -0.39 is 6.04 Å². The zero-order valence-electron chi connectivity index (χ0n) is 14.2. The third-order valence-electron chi connectivity index (χ3n) is 4.48. The lowest BCUT2D eigenvalue weighted by molar-refractivity contribution is -0.127. The highest BCUT2D eigenvalue weighted by atomic mass is 32.1. The molecule has 1 unspecified atom stereocenters. The van der Waals surface area contributed by atoms with Crippen LogP contribution in [-0.4, -0.2) is 40.2 Å². The predicted molar refractivity (Wildman–Crippen MR) is 96.9 cm³/mol. The van der Waals surface area contributed by atoms with Crippen LogP contribution in [0.1, 0.15) is 39.7 Å². The van der Waals surface area contributed by atoms with Gasteiger partial charge in [0.25, 0.3) is 5.91 Å². The first-order chi connectivity index (χ1) is 12.5. The molecule has 3 amide bonds. The number of benzene rings is 1. The van der Waals surface area contributed by atoms with Crippen LogP contribution in [0.2, 0.25) is 0 Å². The van der Waals surface area contributed by atoms with Gasteiger partial charge >= 0.3 is 0 Å². The Hall–Kier alpha value is -2.74. The Morgan fingerprint density at radius 1 is 1.31 bits per heavy atom. The Labute approximate surface area is 154 Å². The third kappa shape index (κ3) is 3.08. The van der Waals surface area contributed by atoms with Crippen molar-refractivity contribution in [3.05, 3.63) is 46.5 Å². The van der Waals surface area contributed by atoms with Crippen LogP contribution in [-0.2, 0) is 9.59 Å². The van der Waals surface area contributed by atoms with Gasteiger partial charge in [-0.15, -0.1) is 11.3 Å². The molecule has 1 saturated carbocycles. The molecule has 1 fully saturated rings. The van der Waals surface area contributed by atoms with E-state index >= 15 is 0 Å². The number of amides is 3. The van der Waals surface area contributed by atoms with E-state index in [2.05, 4.69) is 15.6 Å². The van der Waals surface area contributed by atoms with Crippen molar-refractivity contribution in [2.24, 2.45) is 0 Å². The molecular formula is C18H18N4O3S. The highest BCUT2D eigenvalue weighted by Crippen LogP contribution is 2.41. The maximum atomic E-state index is 12.8. The van der Waals surface area contributed by atoms with E-state index in [4.69, 9.17) is 0 Å². The molecule has 1 aliphatic heterocycles. The first-order valence-corrected chi connectivity index (χ1v) is 9.28. The predicted octanol–water partition coefficient (Wildman–Crippen LogP) is 1.87. The Kier molecular flexibility index (Phi) is 4.20. The number of aromatic nitrogens is 1. The van der Waals surface area contributed by atoms with E-state index in [-0.39, 0.29) is 30.3 Å². The number of aryl methyl sites for hydroxylation is 1. The number of nitrogens with one attached hydrogen (secondary N) is 2. The van der Waals surface area contributed by atoms with Crippen LogP contribution in [0.4, 0.5) is 5.13 Å². The van der Waals surface area contributed by atoms with Gasteiger partial charge in [-0.25, -0.2) is 4.98 Å². The first kappa shape index (κ1) is 16.7. The van der Waals surface area contributed by atoms with Gasteiger partial charge in [0.15, 0.2) is 5.13 Å². The molecule has 2 heterocycles. The lowest BCUT2D eigenvalue weighted by Gasteiger charge is -2.24. The minimum atomic E-state index is -0.666. The van der Waals surface area contributed by atoms with Crippen LogP contribution in [0.5, 0.6) is 0 Å². The summed E-state index contributed by atoms with van der Waals surface area (Å²) < 4.78 is 0. The molecule has 0 radical (unpaired) electrons. The van der Waals surface area contributed by atoms with Crippen LogP contribution in [0.25, 0.3) is 0 Å². The minimum absolute atomic E-state index is 0.106. The van der Waals surface area contributed by atoms with E-state index in [1.807, 2.05) is 13.0 Å². The second-order valence-corrected chi connectivity index (χ2v) is 7.71. The molecule has 7 nitrogen and oxygen atoms in total. The topological polar surface area (TPSA) is 91.4 Å². The molecule has 0 spiro atoms. The quantitative estimate of drug-likeness (QED) is 0.840. The van der Waals surface area contributed by atoms with E-state index in [9.17, 15) is 14.4 Å². The second-order valence-electron chi connectivity index (χ2n) is 6.48. The summed E-state index contributed by atoms with van der Waals surface area (Å²) >= 11 is 1.37. The molecular weight excluding hydrogens is 352 g/mol. The molecule has 4 rings (SSSR count). The van der Waals surface area contributed by atoms with Gasteiger partial charge in [-0.3, -0.25) is 14.4 Å². The lowest BCUT2D eigenvalue weighted by Crippen LogP contribution is -2.42. The van der Waals surface area contributed by atoms with Crippen molar-refractivity contribution in [2.45, 2.75) is 31.8 Å². The molecule has 8 heteroatoms. The fourth-order valence-corrected chi connectivity index (χ4v) is 3.85. The average molecular weight is 370 g/mol. The largest absolute Gasteiger partial charge is 0.345 e. The molecule has 1 aromatic heterocycles. The van der Waals surface area contributed by atoms with Gasteiger partial charge in [0.05, 0.1) is 6.54 Å². The SMILES string of the molecule is Cc1cnc(NC(=O)CNC(=O)C2c3ccccc3C(=O)N2C2CC2)s1. The summed E-state index contributed by atoms with van der Waals surface area (Å²) in [7, 11) is 0. The number of hydrogen-bond acceptors (Lipinski definition) is 5. The van der Waals surface area contributed by atoms with Gasteiger partial charge in [0.1, 0.15) is 6.04 Å². The maximum Gasteiger partial charge on any atom is 0.255 e. The van der Waals surface area contributed by atoms with Crippen molar-refractivity contribution in [1.82, 2.24) is 15.2 Å². The van der Waals surface area contributed by atoms with E-state index in [0.29, 0.717) is 16.3 Å². The molecule has 0 bridgehead atoms. The van der Waals surface area contributed by atoms with Gasteiger partial charge < -0.3 is 15.5 Å². The van der Waals surface area contributed by atoms with Gasteiger partial charge in [0, 0.05) is 22.7 Å². The van der Waals surface area contributed by atoms with E-state index in [0.717, 1.165) is 17.7 Å². The number of carbonyl (C=O) groups excluding carboxylic acids is 3.